The number of benzene rings is 2. The Morgan fingerprint density at radius 1 is 0.815 bits per heavy atom. The number of carbonyl (C=O) groups excluding carboxylic acids is 2. The first kappa shape index (κ1) is 17.9. The van der Waals surface area contributed by atoms with Crippen molar-refractivity contribution in [2.45, 2.75) is 0 Å². The molecule has 0 aliphatic heterocycles. The fourth-order valence-corrected chi connectivity index (χ4v) is 2.26. The van der Waals surface area contributed by atoms with Crippen molar-refractivity contribution < 1.29 is 14.3 Å². The maximum atomic E-state index is 11.9. The third-order valence-corrected chi connectivity index (χ3v) is 3.49. The van der Waals surface area contributed by atoms with Gasteiger partial charge in [0, 0.05) is 11.4 Å². The number of ether oxygens (including phenoxy) is 1. The van der Waals surface area contributed by atoms with Crippen molar-refractivity contribution in [3.63, 3.8) is 0 Å². The smallest absolute Gasteiger partial charge is 0.337 e. The number of carbonyl (C=O) groups is 2. The van der Waals surface area contributed by atoms with Crippen LogP contribution in [0.1, 0.15) is 10.4 Å². The summed E-state index contributed by atoms with van der Waals surface area (Å²) in [6.45, 7) is 0. The molecule has 0 unspecified atom stereocenters. The van der Waals surface area contributed by atoms with E-state index in [2.05, 4.69) is 26.1 Å². The van der Waals surface area contributed by atoms with Crippen molar-refractivity contribution in [3.05, 3.63) is 72.3 Å². The fraction of sp³-hybridized carbons (Fsp3) is 0.0526. The highest BCUT2D eigenvalue weighted by molar-refractivity contribution is 5.99. The van der Waals surface area contributed by atoms with E-state index in [9.17, 15) is 9.59 Å². The van der Waals surface area contributed by atoms with Crippen LogP contribution in [-0.2, 0) is 4.74 Å². The van der Waals surface area contributed by atoms with Gasteiger partial charge in [-0.25, -0.2) is 9.59 Å². The molecular formula is C19H17N5O3. The molecule has 8 nitrogen and oxygen atoms in total. The second kappa shape index (κ2) is 8.43. The van der Waals surface area contributed by atoms with Gasteiger partial charge in [-0.1, -0.05) is 24.3 Å². The number of anilines is 4. The molecule has 1 heterocycles. The number of nitrogens with one attached hydrogen (secondary N) is 3. The lowest BCUT2D eigenvalue weighted by Crippen LogP contribution is -2.20. The number of amides is 2. The van der Waals surface area contributed by atoms with E-state index in [0.29, 0.717) is 28.6 Å². The first-order chi connectivity index (χ1) is 13.1. The highest BCUT2D eigenvalue weighted by Gasteiger charge is 2.07. The molecule has 0 spiro atoms. The van der Waals surface area contributed by atoms with E-state index >= 15 is 0 Å². The van der Waals surface area contributed by atoms with Crippen molar-refractivity contribution >= 4 is 35.0 Å². The summed E-state index contributed by atoms with van der Waals surface area (Å²) in [5, 5.41) is 16.3. The van der Waals surface area contributed by atoms with Crippen LogP contribution >= 0.6 is 0 Å². The number of urea groups is 1. The first-order valence-corrected chi connectivity index (χ1v) is 8.06. The number of nitrogens with zero attached hydrogens (tertiary/aromatic N) is 2. The van der Waals surface area contributed by atoms with E-state index in [1.54, 1.807) is 48.5 Å². The number of para-hydroxylation sites is 1. The maximum absolute atomic E-state index is 11.9. The molecule has 3 rings (SSSR count). The van der Waals surface area contributed by atoms with E-state index in [0.717, 1.165) is 0 Å². The van der Waals surface area contributed by atoms with Gasteiger partial charge in [0.1, 0.15) is 0 Å². The molecule has 0 atom stereocenters. The number of aromatic nitrogens is 2. The van der Waals surface area contributed by atoms with Gasteiger partial charge >= 0.3 is 12.0 Å². The van der Waals surface area contributed by atoms with Gasteiger partial charge in [0.15, 0.2) is 11.6 Å². The normalized spacial score (nSPS) is 9.96. The first-order valence-electron chi connectivity index (χ1n) is 8.06. The summed E-state index contributed by atoms with van der Waals surface area (Å²) in [5.74, 6) is 0.344. The Balaban J connectivity index is 1.60. The molecule has 2 amide bonds. The summed E-state index contributed by atoms with van der Waals surface area (Å²) in [6.07, 6.45) is 0. The Labute approximate surface area is 155 Å². The van der Waals surface area contributed by atoms with E-state index < -0.39 is 12.0 Å². The van der Waals surface area contributed by atoms with Crippen LogP contribution in [0.4, 0.5) is 27.8 Å². The molecule has 3 aromatic rings. The Kier molecular flexibility index (Phi) is 5.58. The predicted octanol–water partition coefficient (Wildman–Crippen LogP) is 3.65. The fourth-order valence-electron chi connectivity index (χ4n) is 2.26. The Hall–Kier alpha value is -3.94. The monoisotopic (exact) mass is 363 g/mol. The van der Waals surface area contributed by atoms with Gasteiger partial charge < -0.3 is 15.4 Å². The van der Waals surface area contributed by atoms with Crippen LogP contribution in [0, 0.1) is 0 Å². The summed E-state index contributed by atoms with van der Waals surface area (Å²) in [5.41, 5.74) is 1.76. The van der Waals surface area contributed by atoms with Gasteiger partial charge in [-0.2, -0.15) is 0 Å². The summed E-state index contributed by atoms with van der Waals surface area (Å²) in [6, 6.07) is 18.7. The van der Waals surface area contributed by atoms with E-state index in [1.165, 1.54) is 7.11 Å². The summed E-state index contributed by atoms with van der Waals surface area (Å²) in [4.78, 5) is 23.5. The minimum atomic E-state index is -0.422. The predicted molar refractivity (Wildman–Crippen MR) is 102 cm³/mol. The van der Waals surface area contributed by atoms with Crippen LogP contribution in [0.2, 0.25) is 0 Å². The van der Waals surface area contributed by atoms with E-state index in [-0.39, 0.29) is 0 Å². The van der Waals surface area contributed by atoms with Gasteiger partial charge in [-0.15, -0.1) is 10.2 Å². The van der Waals surface area contributed by atoms with Crippen LogP contribution in [0.3, 0.4) is 0 Å². The number of rotatable bonds is 5. The quantitative estimate of drug-likeness (QED) is 0.598. The second-order valence-electron chi connectivity index (χ2n) is 5.45. The largest absolute Gasteiger partial charge is 0.465 e. The van der Waals surface area contributed by atoms with E-state index in [4.69, 9.17) is 4.74 Å². The summed E-state index contributed by atoms with van der Waals surface area (Å²) < 4.78 is 4.70. The van der Waals surface area contributed by atoms with Crippen molar-refractivity contribution in [2.75, 3.05) is 23.1 Å². The molecule has 1 aromatic heterocycles. The molecule has 2 aromatic carbocycles. The Bertz CT molecular complexity index is 930. The lowest BCUT2D eigenvalue weighted by Gasteiger charge is -2.08. The molecule has 0 saturated carbocycles. The third-order valence-electron chi connectivity index (χ3n) is 3.49. The van der Waals surface area contributed by atoms with Gasteiger partial charge in [0.25, 0.3) is 0 Å². The summed E-state index contributed by atoms with van der Waals surface area (Å²) >= 11 is 0. The molecule has 0 bridgehead atoms. The van der Waals surface area contributed by atoms with Crippen molar-refractivity contribution in [1.82, 2.24) is 10.2 Å². The van der Waals surface area contributed by atoms with Gasteiger partial charge in [-0.05, 0) is 42.5 Å². The molecule has 136 valence electrons. The topological polar surface area (TPSA) is 105 Å². The number of hydrogen-bond acceptors (Lipinski definition) is 6. The van der Waals surface area contributed by atoms with Crippen LogP contribution in [0.25, 0.3) is 0 Å². The highest BCUT2D eigenvalue weighted by Crippen LogP contribution is 2.17. The van der Waals surface area contributed by atoms with Crippen molar-refractivity contribution in [2.24, 2.45) is 0 Å². The van der Waals surface area contributed by atoms with Gasteiger partial charge in [0.05, 0.1) is 12.7 Å². The molecule has 27 heavy (non-hydrogen) atoms. The minimum Gasteiger partial charge on any atom is -0.465 e. The average Bonchev–Trinajstić information content (AvgIpc) is 2.70. The molecular weight excluding hydrogens is 346 g/mol. The molecule has 8 heteroatoms. The molecule has 0 saturated heterocycles. The lowest BCUT2D eigenvalue weighted by molar-refractivity contribution is 0.0601. The van der Waals surface area contributed by atoms with Gasteiger partial charge in [-0.3, -0.25) is 5.32 Å². The van der Waals surface area contributed by atoms with Crippen LogP contribution < -0.4 is 16.0 Å². The zero-order chi connectivity index (χ0) is 19.1. The average molecular weight is 363 g/mol. The van der Waals surface area contributed by atoms with Gasteiger partial charge in [0.2, 0.25) is 0 Å². The number of esters is 1. The van der Waals surface area contributed by atoms with Crippen molar-refractivity contribution in [1.29, 1.82) is 0 Å². The summed E-state index contributed by atoms with van der Waals surface area (Å²) in [7, 11) is 1.33. The zero-order valence-corrected chi connectivity index (χ0v) is 14.5. The molecule has 0 aliphatic carbocycles. The Morgan fingerprint density at radius 2 is 1.52 bits per heavy atom. The molecule has 0 radical (unpaired) electrons. The molecule has 0 fully saturated rings. The van der Waals surface area contributed by atoms with Crippen LogP contribution in [-0.4, -0.2) is 29.3 Å². The SMILES string of the molecule is COC(=O)c1cccc(Nc2ccc(NC(=O)Nc3ccccc3)nn2)c1. The minimum absolute atomic E-state index is 0.303. The van der Waals surface area contributed by atoms with Crippen LogP contribution in [0.15, 0.2) is 66.7 Å². The second-order valence-corrected chi connectivity index (χ2v) is 5.45. The highest BCUT2D eigenvalue weighted by atomic mass is 16.5. The van der Waals surface area contributed by atoms with Crippen LogP contribution in [0.5, 0.6) is 0 Å². The zero-order valence-electron chi connectivity index (χ0n) is 14.5. The molecule has 0 aliphatic rings. The van der Waals surface area contributed by atoms with Crippen molar-refractivity contribution in [3.8, 4) is 0 Å². The third kappa shape index (κ3) is 5.02. The Morgan fingerprint density at radius 3 is 2.22 bits per heavy atom. The number of methoxy groups -OCH3 is 1. The van der Waals surface area contributed by atoms with E-state index in [1.807, 2.05) is 18.2 Å². The number of hydrogen-bond donors (Lipinski definition) is 3. The molecule has 3 N–H and O–H groups in total. The maximum Gasteiger partial charge on any atom is 0.337 e. The standard InChI is InChI=1S/C19H17N5O3/c1-27-18(25)13-6-5-9-15(12-13)20-16-10-11-17(24-23-16)22-19(26)21-14-7-3-2-4-8-14/h2-12H,1H3,(H,20,23)(H2,21,22,24,26). The lowest BCUT2D eigenvalue weighted by atomic mass is 10.2.